The normalized spacial score (nSPS) is 12.3. The highest BCUT2D eigenvalue weighted by atomic mass is 35.5. The van der Waals surface area contributed by atoms with Crippen molar-refractivity contribution in [3.63, 3.8) is 0 Å². The highest BCUT2D eigenvalue weighted by Gasteiger charge is 2.32. The summed E-state index contributed by atoms with van der Waals surface area (Å²) in [6.45, 7) is 0. The van der Waals surface area contributed by atoms with Gasteiger partial charge in [0.1, 0.15) is 4.90 Å². The smallest absolute Gasteiger partial charge is 0.277 e. The van der Waals surface area contributed by atoms with Gasteiger partial charge in [-0.05, 0) is 30.3 Å². The van der Waals surface area contributed by atoms with Crippen LogP contribution in [-0.4, -0.2) is 13.4 Å². The Morgan fingerprint density at radius 2 is 1.76 bits per heavy atom. The van der Waals surface area contributed by atoms with Crippen LogP contribution in [0.4, 0.5) is 18.9 Å². The van der Waals surface area contributed by atoms with E-state index in [9.17, 15) is 21.6 Å². The number of hydrogen-bond donors (Lipinski definition) is 1. The lowest BCUT2D eigenvalue weighted by Crippen LogP contribution is -2.15. The predicted octanol–water partition coefficient (Wildman–Crippen LogP) is 4.71. The third-order valence-corrected chi connectivity index (χ3v) is 5.27. The van der Waals surface area contributed by atoms with E-state index >= 15 is 0 Å². The van der Waals surface area contributed by atoms with Gasteiger partial charge in [-0.1, -0.05) is 29.8 Å². The van der Waals surface area contributed by atoms with E-state index in [0.717, 1.165) is 12.1 Å². The van der Waals surface area contributed by atoms with Crippen molar-refractivity contribution in [3.05, 3.63) is 65.3 Å². The molecule has 0 aliphatic rings. The first-order chi connectivity index (χ1) is 11.7. The maximum absolute atomic E-state index is 12.9. The van der Waals surface area contributed by atoms with Crippen LogP contribution in [0.2, 0.25) is 5.02 Å². The van der Waals surface area contributed by atoms with Crippen LogP contribution in [0.15, 0.2) is 59.6 Å². The van der Waals surface area contributed by atoms with Crippen molar-refractivity contribution in [1.29, 1.82) is 0 Å². The Labute approximate surface area is 146 Å². The SMILES string of the molecule is O=S(=O)(Nc1cccc2cccnc12)c1cc(C(F)(F)F)ccc1Cl. The minimum Gasteiger partial charge on any atom is -0.277 e. The molecule has 0 bridgehead atoms. The number of nitrogens with one attached hydrogen (secondary N) is 1. The summed E-state index contributed by atoms with van der Waals surface area (Å²) in [5.74, 6) is 0. The summed E-state index contributed by atoms with van der Waals surface area (Å²) in [6, 6.07) is 10.4. The number of rotatable bonds is 3. The number of anilines is 1. The zero-order chi connectivity index (χ0) is 18.2. The first kappa shape index (κ1) is 17.5. The van der Waals surface area contributed by atoms with Gasteiger partial charge in [-0.15, -0.1) is 0 Å². The number of pyridine rings is 1. The molecule has 0 aliphatic heterocycles. The molecule has 0 saturated carbocycles. The Kier molecular flexibility index (Phi) is 4.34. The zero-order valence-electron chi connectivity index (χ0n) is 12.4. The molecule has 0 radical (unpaired) electrons. The molecule has 1 N–H and O–H groups in total. The fraction of sp³-hybridized carbons (Fsp3) is 0.0625. The van der Waals surface area contributed by atoms with E-state index in [1.54, 1.807) is 24.3 Å². The van der Waals surface area contributed by atoms with Crippen molar-refractivity contribution in [2.24, 2.45) is 0 Å². The average Bonchev–Trinajstić information content (AvgIpc) is 2.54. The molecular weight excluding hydrogens is 377 g/mol. The maximum Gasteiger partial charge on any atom is 0.416 e. The lowest BCUT2D eigenvalue weighted by molar-refractivity contribution is -0.137. The Morgan fingerprint density at radius 1 is 1.04 bits per heavy atom. The average molecular weight is 387 g/mol. The van der Waals surface area contributed by atoms with Gasteiger partial charge >= 0.3 is 6.18 Å². The Morgan fingerprint density at radius 3 is 2.48 bits per heavy atom. The van der Waals surface area contributed by atoms with Gasteiger partial charge in [0, 0.05) is 11.6 Å². The molecule has 0 fully saturated rings. The summed E-state index contributed by atoms with van der Waals surface area (Å²) in [5.41, 5.74) is -0.587. The molecule has 25 heavy (non-hydrogen) atoms. The summed E-state index contributed by atoms with van der Waals surface area (Å²) in [6.07, 6.45) is -3.20. The molecule has 4 nitrogen and oxygen atoms in total. The van der Waals surface area contributed by atoms with Gasteiger partial charge < -0.3 is 0 Å². The van der Waals surface area contributed by atoms with Crippen LogP contribution >= 0.6 is 11.6 Å². The number of alkyl halides is 3. The summed E-state index contributed by atoms with van der Waals surface area (Å²) >= 11 is 5.81. The van der Waals surface area contributed by atoms with Crippen LogP contribution in [0.25, 0.3) is 10.9 Å². The van der Waals surface area contributed by atoms with Gasteiger partial charge in [-0.25, -0.2) is 8.42 Å². The van der Waals surface area contributed by atoms with E-state index in [4.69, 9.17) is 11.6 Å². The minimum absolute atomic E-state index is 0.145. The number of aromatic nitrogens is 1. The maximum atomic E-state index is 12.9. The number of halogens is 4. The van der Waals surface area contributed by atoms with Gasteiger partial charge in [-0.3, -0.25) is 9.71 Å². The van der Waals surface area contributed by atoms with Gasteiger partial charge in [-0.2, -0.15) is 13.2 Å². The summed E-state index contributed by atoms with van der Waals surface area (Å²) in [4.78, 5) is 3.44. The number of para-hydroxylation sites is 1. The fourth-order valence-electron chi connectivity index (χ4n) is 2.27. The highest BCUT2D eigenvalue weighted by Crippen LogP contribution is 2.34. The van der Waals surface area contributed by atoms with Gasteiger partial charge in [0.2, 0.25) is 0 Å². The number of sulfonamides is 1. The van der Waals surface area contributed by atoms with Crippen molar-refractivity contribution in [2.75, 3.05) is 4.72 Å². The molecule has 1 aromatic heterocycles. The van der Waals surface area contributed by atoms with Crippen molar-refractivity contribution in [3.8, 4) is 0 Å². The third kappa shape index (κ3) is 3.54. The topological polar surface area (TPSA) is 59.1 Å². The number of hydrogen-bond acceptors (Lipinski definition) is 3. The van der Waals surface area contributed by atoms with E-state index in [0.29, 0.717) is 17.0 Å². The van der Waals surface area contributed by atoms with Crippen molar-refractivity contribution in [2.45, 2.75) is 11.1 Å². The molecule has 0 aliphatic carbocycles. The summed E-state index contributed by atoms with van der Waals surface area (Å²) in [5, 5.41) is 0.367. The summed E-state index contributed by atoms with van der Waals surface area (Å²) in [7, 11) is -4.34. The van der Waals surface area contributed by atoms with E-state index in [-0.39, 0.29) is 10.7 Å². The van der Waals surface area contributed by atoms with Gasteiger partial charge in [0.25, 0.3) is 10.0 Å². The molecule has 0 atom stereocenters. The van der Waals surface area contributed by atoms with E-state index in [1.165, 1.54) is 12.3 Å². The van der Waals surface area contributed by atoms with E-state index in [1.807, 2.05) is 0 Å². The van der Waals surface area contributed by atoms with Crippen molar-refractivity contribution in [1.82, 2.24) is 4.98 Å². The van der Waals surface area contributed by atoms with E-state index in [2.05, 4.69) is 9.71 Å². The number of benzene rings is 2. The lowest BCUT2D eigenvalue weighted by atomic mass is 10.2. The van der Waals surface area contributed by atoms with Crippen LogP contribution in [0.5, 0.6) is 0 Å². The number of fused-ring (bicyclic) bond motifs is 1. The molecule has 0 unspecified atom stereocenters. The standard InChI is InChI=1S/C16H10ClF3N2O2S/c17-12-7-6-11(16(18,19)20)9-14(12)25(23,24)22-13-5-1-3-10-4-2-8-21-15(10)13/h1-9,22H. The Balaban J connectivity index is 2.08. The second-order valence-electron chi connectivity index (χ2n) is 5.13. The second-order valence-corrected chi connectivity index (χ2v) is 7.19. The second kappa shape index (κ2) is 6.20. The molecule has 0 saturated heterocycles. The quantitative estimate of drug-likeness (QED) is 0.709. The molecule has 2 aromatic carbocycles. The van der Waals surface area contributed by atoms with Crippen LogP contribution in [0.3, 0.4) is 0 Å². The Bertz CT molecular complexity index is 1050. The lowest BCUT2D eigenvalue weighted by Gasteiger charge is -2.13. The summed E-state index contributed by atoms with van der Waals surface area (Å²) < 4.78 is 65.9. The predicted molar refractivity (Wildman–Crippen MR) is 89.0 cm³/mol. The van der Waals surface area contributed by atoms with E-state index < -0.39 is 26.7 Å². The molecule has 3 rings (SSSR count). The third-order valence-electron chi connectivity index (χ3n) is 3.43. The largest absolute Gasteiger partial charge is 0.416 e. The van der Waals surface area contributed by atoms with Gasteiger partial charge in [0.05, 0.1) is 21.8 Å². The van der Waals surface area contributed by atoms with Crippen LogP contribution in [0.1, 0.15) is 5.56 Å². The number of nitrogens with zero attached hydrogens (tertiary/aromatic N) is 1. The first-order valence-corrected chi connectivity index (χ1v) is 8.78. The van der Waals surface area contributed by atoms with Gasteiger partial charge in [0.15, 0.2) is 0 Å². The zero-order valence-corrected chi connectivity index (χ0v) is 14.0. The highest BCUT2D eigenvalue weighted by molar-refractivity contribution is 7.92. The first-order valence-electron chi connectivity index (χ1n) is 6.92. The van der Waals surface area contributed by atoms with Crippen molar-refractivity contribution < 1.29 is 21.6 Å². The molecule has 0 amide bonds. The van der Waals surface area contributed by atoms with Crippen LogP contribution in [0, 0.1) is 0 Å². The molecule has 1 heterocycles. The molecule has 3 aromatic rings. The molecule has 130 valence electrons. The molecule has 9 heteroatoms. The van der Waals surface area contributed by atoms with Crippen LogP contribution < -0.4 is 4.72 Å². The van der Waals surface area contributed by atoms with Crippen LogP contribution in [-0.2, 0) is 16.2 Å². The monoisotopic (exact) mass is 386 g/mol. The molecular formula is C16H10ClF3N2O2S. The minimum atomic E-state index is -4.68. The fourth-order valence-corrected chi connectivity index (χ4v) is 3.87. The Hall–Kier alpha value is -2.32. The molecule has 0 spiro atoms. The van der Waals surface area contributed by atoms with Crippen molar-refractivity contribution >= 4 is 38.2 Å².